The zero-order chi connectivity index (χ0) is 14.2. The van der Waals surface area contributed by atoms with E-state index in [1.54, 1.807) is 12.4 Å². The molecule has 104 valence electrons. The van der Waals surface area contributed by atoms with E-state index in [2.05, 4.69) is 10.2 Å². The lowest BCUT2D eigenvalue weighted by molar-refractivity contribution is -0.215. The van der Waals surface area contributed by atoms with Crippen LogP contribution in [0.5, 0.6) is 0 Å². The van der Waals surface area contributed by atoms with Gasteiger partial charge in [-0.15, -0.1) is 0 Å². The molecular weight excluding hydrogens is 244 g/mol. The van der Waals surface area contributed by atoms with Crippen molar-refractivity contribution in [2.24, 2.45) is 0 Å². The van der Waals surface area contributed by atoms with E-state index < -0.39 is 23.7 Å². The van der Waals surface area contributed by atoms with Gasteiger partial charge in [0.2, 0.25) is 5.91 Å². The highest BCUT2D eigenvalue weighted by Crippen LogP contribution is 2.03. The summed E-state index contributed by atoms with van der Waals surface area (Å²) in [6.45, 7) is 3.18. The molecular formula is C10H18N2O6. The van der Waals surface area contributed by atoms with Crippen molar-refractivity contribution < 1.29 is 28.7 Å². The van der Waals surface area contributed by atoms with Crippen LogP contribution in [-0.4, -0.2) is 37.9 Å². The Bertz CT molecular complexity index is 313. The number of ether oxygens (including phenoxy) is 2. The van der Waals surface area contributed by atoms with Crippen LogP contribution in [0, 0.1) is 0 Å². The summed E-state index contributed by atoms with van der Waals surface area (Å²) < 4.78 is 9.66. The van der Waals surface area contributed by atoms with E-state index in [0.29, 0.717) is 6.42 Å². The van der Waals surface area contributed by atoms with Crippen LogP contribution in [0.15, 0.2) is 0 Å². The first-order valence-electron chi connectivity index (χ1n) is 5.31. The lowest BCUT2D eigenvalue weighted by Crippen LogP contribution is -2.53. The Morgan fingerprint density at radius 2 is 1.67 bits per heavy atom. The fourth-order valence-electron chi connectivity index (χ4n) is 0.853. The molecule has 0 saturated carbocycles. The quantitative estimate of drug-likeness (QED) is 0.391. The minimum Gasteiger partial charge on any atom is -0.340 e. The van der Waals surface area contributed by atoms with Crippen LogP contribution in [0.2, 0.25) is 0 Å². The maximum absolute atomic E-state index is 11.4. The van der Waals surface area contributed by atoms with E-state index in [9.17, 15) is 14.4 Å². The molecule has 0 heterocycles. The second-order valence-corrected chi connectivity index (χ2v) is 3.46. The molecule has 0 aromatic rings. The van der Waals surface area contributed by atoms with Gasteiger partial charge in [-0.25, -0.2) is 4.79 Å². The molecule has 0 saturated heterocycles. The fourth-order valence-corrected chi connectivity index (χ4v) is 0.853. The van der Waals surface area contributed by atoms with Crippen molar-refractivity contribution in [1.82, 2.24) is 10.8 Å². The molecule has 18 heavy (non-hydrogen) atoms. The first-order chi connectivity index (χ1) is 8.38. The molecule has 0 unspecified atom stereocenters. The number of carbonyl (C=O) groups excluding carboxylic acids is 3. The Kier molecular flexibility index (Phi) is 6.91. The molecule has 2 N–H and O–H groups in total. The first kappa shape index (κ1) is 16.3. The molecule has 0 fully saturated rings. The molecule has 0 bridgehead atoms. The van der Waals surface area contributed by atoms with Crippen LogP contribution in [0.25, 0.3) is 0 Å². The molecule has 0 rings (SSSR count). The van der Waals surface area contributed by atoms with Crippen molar-refractivity contribution in [2.75, 3.05) is 14.2 Å². The highest BCUT2D eigenvalue weighted by Gasteiger charge is 2.28. The number of hydrogen-bond acceptors (Lipinski definition) is 6. The fraction of sp³-hybridized carbons (Fsp3) is 0.700. The summed E-state index contributed by atoms with van der Waals surface area (Å²) in [6, 6.07) is 0. The molecule has 0 aromatic carbocycles. The Morgan fingerprint density at radius 1 is 1.11 bits per heavy atom. The van der Waals surface area contributed by atoms with Crippen molar-refractivity contribution in [2.45, 2.75) is 32.6 Å². The van der Waals surface area contributed by atoms with Gasteiger partial charge in [0.25, 0.3) is 0 Å². The van der Waals surface area contributed by atoms with Gasteiger partial charge in [-0.2, -0.15) is 5.48 Å². The zero-order valence-electron chi connectivity index (χ0n) is 10.9. The number of rotatable bonds is 5. The molecule has 0 aliphatic carbocycles. The largest absolute Gasteiger partial charge is 0.342 e. The predicted octanol–water partition coefficient (Wildman–Crippen LogP) is -0.556. The highest BCUT2D eigenvalue weighted by molar-refractivity contribution is 6.35. The average Bonchev–Trinajstić information content (AvgIpc) is 2.36. The molecule has 0 radical (unpaired) electrons. The van der Waals surface area contributed by atoms with Crippen LogP contribution >= 0.6 is 0 Å². The third-order valence-electron chi connectivity index (χ3n) is 2.04. The van der Waals surface area contributed by atoms with Crippen molar-refractivity contribution >= 4 is 17.8 Å². The van der Waals surface area contributed by atoms with Gasteiger partial charge in [0.1, 0.15) is 0 Å². The molecule has 8 nitrogen and oxygen atoms in total. The first-order valence-corrected chi connectivity index (χ1v) is 5.31. The summed E-state index contributed by atoms with van der Waals surface area (Å²) >= 11 is 0. The zero-order valence-corrected chi connectivity index (χ0v) is 10.9. The van der Waals surface area contributed by atoms with Crippen LogP contribution < -0.4 is 10.8 Å². The van der Waals surface area contributed by atoms with E-state index in [1.165, 1.54) is 21.1 Å². The van der Waals surface area contributed by atoms with Gasteiger partial charge in [0.15, 0.2) is 0 Å². The second kappa shape index (κ2) is 7.62. The topological polar surface area (TPSA) is 103 Å². The summed E-state index contributed by atoms with van der Waals surface area (Å²) in [4.78, 5) is 37.9. The maximum Gasteiger partial charge on any atom is 0.342 e. The van der Waals surface area contributed by atoms with Crippen LogP contribution in [0.3, 0.4) is 0 Å². The van der Waals surface area contributed by atoms with Crippen LogP contribution in [0.1, 0.15) is 26.7 Å². The van der Waals surface area contributed by atoms with Gasteiger partial charge < -0.3 is 14.3 Å². The second-order valence-electron chi connectivity index (χ2n) is 3.46. The Balaban J connectivity index is 4.19. The van der Waals surface area contributed by atoms with Gasteiger partial charge >= 0.3 is 17.8 Å². The SMILES string of the molecule is CCCC(=O)ONC(=O)C(=O)NC(C)(OC)OC. The monoisotopic (exact) mass is 262 g/mol. The minimum absolute atomic E-state index is 0.149. The smallest absolute Gasteiger partial charge is 0.340 e. The molecule has 0 aromatic heterocycles. The molecule has 0 atom stereocenters. The molecule has 0 spiro atoms. The summed E-state index contributed by atoms with van der Waals surface area (Å²) in [7, 11) is 2.59. The third kappa shape index (κ3) is 5.60. The van der Waals surface area contributed by atoms with Gasteiger partial charge in [-0.05, 0) is 6.42 Å². The molecule has 2 amide bonds. The lowest BCUT2D eigenvalue weighted by Gasteiger charge is -2.26. The summed E-state index contributed by atoms with van der Waals surface area (Å²) in [5.41, 5.74) is 1.73. The number of amides is 2. The third-order valence-corrected chi connectivity index (χ3v) is 2.04. The van der Waals surface area contributed by atoms with Crippen LogP contribution in [-0.2, 0) is 28.7 Å². The standard InChI is InChI=1S/C10H18N2O6/c1-5-6-7(13)18-12-9(15)8(14)11-10(2,16-3)17-4/h5-6H2,1-4H3,(H,11,14)(H,12,15). The van der Waals surface area contributed by atoms with Crippen molar-refractivity contribution in [3.8, 4) is 0 Å². The van der Waals surface area contributed by atoms with Crippen molar-refractivity contribution in [3.05, 3.63) is 0 Å². The Morgan fingerprint density at radius 3 is 2.11 bits per heavy atom. The van der Waals surface area contributed by atoms with Crippen molar-refractivity contribution in [1.29, 1.82) is 0 Å². The van der Waals surface area contributed by atoms with E-state index in [4.69, 9.17) is 9.47 Å². The summed E-state index contributed by atoms with van der Waals surface area (Å²) in [6.07, 6.45) is 0.724. The van der Waals surface area contributed by atoms with Crippen molar-refractivity contribution in [3.63, 3.8) is 0 Å². The minimum atomic E-state index is -1.43. The average molecular weight is 262 g/mol. The number of hydrogen-bond donors (Lipinski definition) is 2. The summed E-state index contributed by atoms with van der Waals surface area (Å²) in [5.74, 6) is -4.23. The van der Waals surface area contributed by atoms with E-state index in [1.807, 2.05) is 0 Å². The molecule has 8 heteroatoms. The van der Waals surface area contributed by atoms with E-state index >= 15 is 0 Å². The van der Waals surface area contributed by atoms with Crippen LogP contribution in [0.4, 0.5) is 0 Å². The van der Waals surface area contributed by atoms with Gasteiger partial charge in [-0.1, -0.05) is 6.92 Å². The van der Waals surface area contributed by atoms with Gasteiger partial charge in [0, 0.05) is 27.6 Å². The molecule has 0 aliphatic rings. The van der Waals surface area contributed by atoms with Gasteiger partial charge in [0.05, 0.1) is 0 Å². The molecule has 0 aliphatic heterocycles. The maximum atomic E-state index is 11.4. The van der Waals surface area contributed by atoms with E-state index in [0.717, 1.165) is 0 Å². The highest BCUT2D eigenvalue weighted by atomic mass is 16.7. The normalized spacial score (nSPS) is 10.7. The predicted molar refractivity (Wildman–Crippen MR) is 59.7 cm³/mol. The van der Waals surface area contributed by atoms with E-state index in [-0.39, 0.29) is 6.42 Å². The number of hydroxylamine groups is 1. The van der Waals surface area contributed by atoms with Gasteiger partial charge in [-0.3, -0.25) is 14.9 Å². The number of carbonyl (C=O) groups is 3. The Labute approximate surface area is 105 Å². The Hall–Kier alpha value is -1.67. The lowest BCUT2D eigenvalue weighted by atomic mass is 10.3. The summed E-state index contributed by atoms with van der Waals surface area (Å²) in [5, 5.41) is 2.16. The number of methoxy groups -OCH3 is 2. The number of nitrogens with one attached hydrogen (secondary N) is 2.